The Kier molecular flexibility index (Phi) is 4.69. The molecule has 0 aliphatic rings. The first kappa shape index (κ1) is 13.7. The molecular weight excluding hydrogens is 236 g/mol. The Morgan fingerprint density at radius 1 is 1.47 bits per heavy atom. The van der Waals surface area contributed by atoms with E-state index < -0.39 is 0 Å². The average Bonchev–Trinajstić information content (AvgIpc) is 2.59. The molecule has 0 aliphatic heterocycles. The molecule has 1 heterocycles. The van der Waals surface area contributed by atoms with Gasteiger partial charge in [-0.15, -0.1) is 11.3 Å². The van der Waals surface area contributed by atoms with Gasteiger partial charge in [0.25, 0.3) is 0 Å². The number of carbonyl (C=O) groups excluding carboxylic acids is 1. The van der Waals surface area contributed by atoms with E-state index in [1.54, 1.807) is 5.38 Å². The number of nitrogens with two attached hydrogens (primary N) is 1. The quantitative estimate of drug-likeness (QED) is 0.662. The van der Waals surface area contributed by atoms with Crippen LogP contribution in [-0.2, 0) is 9.53 Å². The maximum absolute atomic E-state index is 11.9. The van der Waals surface area contributed by atoms with Crippen LogP contribution in [0.1, 0.15) is 33.4 Å². The van der Waals surface area contributed by atoms with Crippen LogP contribution in [0.25, 0.3) is 5.57 Å². The number of aromatic nitrogens is 1. The molecule has 1 rings (SSSR count). The molecular formula is C12H18N2O2S. The lowest BCUT2D eigenvalue weighted by Gasteiger charge is -2.10. The summed E-state index contributed by atoms with van der Waals surface area (Å²) in [4.78, 5) is 16.1. The fraction of sp³-hybridized carbons (Fsp3) is 0.500. The van der Waals surface area contributed by atoms with Crippen LogP contribution in [0.3, 0.4) is 0 Å². The lowest BCUT2D eigenvalue weighted by atomic mass is 10.1. The number of allylic oxidation sites excluding steroid dienone is 1. The second-order valence-electron chi connectivity index (χ2n) is 4.35. The molecule has 5 heteroatoms. The van der Waals surface area contributed by atoms with E-state index in [1.807, 2.05) is 33.8 Å². The minimum atomic E-state index is -0.348. The summed E-state index contributed by atoms with van der Waals surface area (Å²) >= 11 is 1.31. The Morgan fingerprint density at radius 2 is 2.12 bits per heavy atom. The predicted molar refractivity (Wildman–Crippen MR) is 70.6 cm³/mol. The third-order valence-corrected chi connectivity index (χ3v) is 2.53. The van der Waals surface area contributed by atoms with Gasteiger partial charge < -0.3 is 10.5 Å². The van der Waals surface area contributed by atoms with Crippen LogP contribution < -0.4 is 5.73 Å². The zero-order chi connectivity index (χ0) is 13.0. The molecule has 1 aromatic heterocycles. The van der Waals surface area contributed by atoms with Crippen molar-refractivity contribution in [1.29, 1.82) is 0 Å². The molecule has 0 unspecified atom stereocenters. The highest BCUT2D eigenvalue weighted by atomic mass is 32.1. The molecule has 0 aromatic carbocycles. The molecule has 0 fully saturated rings. The lowest BCUT2D eigenvalue weighted by Crippen LogP contribution is -2.13. The van der Waals surface area contributed by atoms with E-state index in [-0.39, 0.29) is 18.0 Å². The summed E-state index contributed by atoms with van der Waals surface area (Å²) in [5.74, 6) is -0.105. The van der Waals surface area contributed by atoms with Gasteiger partial charge >= 0.3 is 5.97 Å². The molecule has 2 N–H and O–H groups in total. The van der Waals surface area contributed by atoms with Crippen molar-refractivity contribution in [2.45, 2.75) is 33.8 Å². The molecule has 0 amide bonds. The SMILES string of the molecule is CC(C)/C=C(/C(=O)OC(C)C)c1csc(N)n1. The number of nitrogens with zero attached hydrogens (tertiary/aromatic N) is 1. The highest BCUT2D eigenvalue weighted by Crippen LogP contribution is 2.22. The number of nitrogen functional groups attached to an aromatic ring is 1. The van der Waals surface area contributed by atoms with E-state index in [9.17, 15) is 4.79 Å². The van der Waals surface area contributed by atoms with Gasteiger partial charge in [0.15, 0.2) is 5.13 Å². The molecule has 0 spiro atoms. The van der Waals surface area contributed by atoms with Gasteiger partial charge in [0.1, 0.15) is 0 Å². The fourth-order valence-electron chi connectivity index (χ4n) is 1.28. The second-order valence-corrected chi connectivity index (χ2v) is 5.24. The molecule has 0 radical (unpaired) electrons. The van der Waals surface area contributed by atoms with Crippen molar-refractivity contribution in [3.63, 3.8) is 0 Å². The minimum Gasteiger partial charge on any atom is -0.459 e. The summed E-state index contributed by atoms with van der Waals surface area (Å²) in [6.45, 7) is 7.64. The summed E-state index contributed by atoms with van der Waals surface area (Å²) < 4.78 is 5.19. The van der Waals surface area contributed by atoms with Crippen LogP contribution in [0, 0.1) is 5.92 Å². The van der Waals surface area contributed by atoms with Crippen LogP contribution in [-0.4, -0.2) is 17.1 Å². The smallest absolute Gasteiger partial charge is 0.340 e. The number of hydrogen-bond donors (Lipinski definition) is 1. The van der Waals surface area contributed by atoms with Crippen molar-refractivity contribution in [2.24, 2.45) is 5.92 Å². The van der Waals surface area contributed by atoms with Crippen LogP contribution in [0.15, 0.2) is 11.5 Å². The van der Waals surface area contributed by atoms with Crippen molar-refractivity contribution < 1.29 is 9.53 Å². The number of anilines is 1. The van der Waals surface area contributed by atoms with Crippen molar-refractivity contribution in [3.05, 3.63) is 17.2 Å². The maximum Gasteiger partial charge on any atom is 0.340 e. The maximum atomic E-state index is 11.9. The summed E-state index contributed by atoms with van der Waals surface area (Å²) in [7, 11) is 0. The highest BCUT2D eigenvalue weighted by molar-refractivity contribution is 7.13. The third kappa shape index (κ3) is 4.19. The van der Waals surface area contributed by atoms with E-state index in [0.717, 1.165) is 0 Å². The standard InChI is InChI=1S/C12H18N2O2S/c1-7(2)5-9(11(15)16-8(3)4)10-6-17-12(13)14-10/h5-8H,1-4H3,(H2,13,14)/b9-5+. The summed E-state index contributed by atoms with van der Waals surface area (Å²) in [5, 5.41) is 2.22. The summed E-state index contributed by atoms with van der Waals surface area (Å²) in [6, 6.07) is 0. The molecule has 0 aliphatic carbocycles. The van der Waals surface area contributed by atoms with Crippen molar-refractivity contribution in [2.75, 3.05) is 5.73 Å². The number of rotatable bonds is 4. The van der Waals surface area contributed by atoms with Gasteiger partial charge in [0.05, 0.1) is 17.4 Å². The van der Waals surface area contributed by atoms with Crippen LogP contribution in [0.2, 0.25) is 0 Å². The van der Waals surface area contributed by atoms with Gasteiger partial charge in [-0.25, -0.2) is 9.78 Å². The highest BCUT2D eigenvalue weighted by Gasteiger charge is 2.18. The van der Waals surface area contributed by atoms with Crippen LogP contribution in [0.4, 0.5) is 5.13 Å². The van der Waals surface area contributed by atoms with E-state index in [4.69, 9.17) is 10.5 Å². The third-order valence-electron chi connectivity index (χ3n) is 1.86. The number of esters is 1. The van der Waals surface area contributed by atoms with Gasteiger partial charge in [0, 0.05) is 5.38 Å². The Labute approximate surface area is 106 Å². The van der Waals surface area contributed by atoms with Gasteiger partial charge in [0.2, 0.25) is 0 Å². The Morgan fingerprint density at radius 3 is 2.53 bits per heavy atom. The summed E-state index contributed by atoms with van der Waals surface area (Å²) in [6.07, 6.45) is 1.70. The predicted octanol–water partition coefficient (Wildman–Crippen LogP) is 2.72. The largest absolute Gasteiger partial charge is 0.459 e. The van der Waals surface area contributed by atoms with E-state index in [1.165, 1.54) is 11.3 Å². The summed E-state index contributed by atoms with van der Waals surface area (Å²) in [5.41, 5.74) is 6.65. The number of hydrogen-bond acceptors (Lipinski definition) is 5. The monoisotopic (exact) mass is 254 g/mol. The molecule has 0 saturated carbocycles. The molecule has 0 atom stereocenters. The fourth-order valence-corrected chi connectivity index (χ4v) is 1.84. The first-order valence-corrected chi connectivity index (χ1v) is 6.42. The molecule has 1 aromatic rings. The first-order valence-electron chi connectivity index (χ1n) is 5.54. The normalized spacial score (nSPS) is 12.2. The van der Waals surface area contributed by atoms with Gasteiger partial charge in [-0.3, -0.25) is 0 Å². The molecule has 4 nitrogen and oxygen atoms in total. The van der Waals surface area contributed by atoms with Gasteiger partial charge in [-0.05, 0) is 19.8 Å². The van der Waals surface area contributed by atoms with Gasteiger partial charge in [-0.2, -0.15) is 0 Å². The van der Waals surface area contributed by atoms with E-state index in [0.29, 0.717) is 16.4 Å². The van der Waals surface area contributed by atoms with Crippen LogP contribution in [0.5, 0.6) is 0 Å². The lowest BCUT2D eigenvalue weighted by molar-refractivity contribution is -0.140. The molecule has 94 valence electrons. The number of carbonyl (C=O) groups is 1. The van der Waals surface area contributed by atoms with Crippen molar-refractivity contribution >= 4 is 28.0 Å². The second kappa shape index (κ2) is 5.82. The number of thiazole rings is 1. The zero-order valence-corrected chi connectivity index (χ0v) is 11.4. The first-order chi connectivity index (χ1) is 7.90. The van der Waals surface area contributed by atoms with E-state index >= 15 is 0 Å². The Balaban J connectivity index is 3.01. The van der Waals surface area contributed by atoms with Gasteiger partial charge in [-0.1, -0.05) is 19.9 Å². The van der Waals surface area contributed by atoms with Crippen molar-refractivity contribution in [3.8, 4) is 0 Å². The number of ether oxygens (including phenoxy) is 1. The van der Waals surface area contributed by atoms with E-state index in [2.05, 4.69) is 4.98 Å². The van der Waals surface area contributed by atoms with Crippen molar-refractivity contribution in [1.82, 2.24) is 4.98 Å². The average molecular weight is 254 g/mol. The Bertz CT molecular complexity index is 422. The molecule has 0 saturated heterocycles. The zero-order valence-electron chi connectivity index (χ0n) is 10.6. The topological polar surface area (TPSA) is 65.2 Å². The van der Waals surface area contributed by atoms with Crippen LogP contribution >= 0.6 is 11.3 Å². The Hall–Kier alpha value is -1.36. The minimum absolute atomic E-state index is 0.144. The molecule has 17 heavy (non-hydrogen) atoms. The molecule has 0 bridgehead atoms.